The Labute approximate surface area is 74.6 Å². The van der Waals surface area contributed by atoms with E-state index in [1.807, 2.05) is 0 Å². The molecule has 1 atom stereocenters. The van der Waals surface area contributed by atoms with Gasteiger partial charge >= 0.3 is 0 Å². The van der Waals surface area contributed by atoms with E-state index in [9.17, 15) is 0 Å². The van der Waals surface area contributed by atoms with Gasteiger partial charge in [-0.05, 0) is 30.8 Å². The molecule has 1 heterocycles. The van der Waals surface area contributed by atoms with Crippen LogP contribution in [0.4, 0.5) is 0 Å². The lowest BCUT2D eigenvalue weighted by Crippen LogP contribution is -2.28. The van der Waals surface area contributed by atoms with Crippen molar-refractivity contribution >= 4 is 5.71 Å². The van der Waals surface area contributed by atoms with Gasteiger partial charge in [-0.1, -0.05) is 19.9 Å². The van der Waals surface area contributed by atoms with Gasteiger partial charge in [0.2, 0.25) is 0 Å². The lowest BCUT2D eigenvalue weighted by Gasteiger charge is -2.33. The Hall–Kier alpha value is -0.590. The standard InChI is InChI=1S/C11H17N/c1-11(2)6-5-10-9(8-11)4-3-7-12-10/h5-6,9H,3-4,7-8H2,1-2H3. The van der Waals surface area contributed by atoms with Crippen molar-refractivity contribution in [2.45, 2.75) is 33.1 Å². The second kappa shape index (κ2) is 2.72. The summed E-state index contributed by atoms with van der Waals surface area (Å²) in [5.74, 6) is 0.763. The normalized spacial score (nSPS) is 32.5. The van der Waals surface area contributed by atoms with Crippen LogP contribution in [0.5, 0.6) is 0 Å². The third-order valence-electron chi connectivity index (χ3n) is 2.90. The van der Waals surface area contributed by atoms with Gasteiger partial charge in [-0.25, -0.2) is 0 Å². The van der Waals surface area contributed by atoms with Crippen LogP contribution in [0.1, 0.15) is 33.1 Å². The summed E-state index contributed by atoms with van der Waals surface area (Å²) >= 11 is 0. The number of hydrogen-bond donors (Lipinski definition) is 0. The first-order valence-electron chi connectivity index (χ1n) is 4.91. The van der Waals surface area contributed by atoms with Crippen LogP contribution in [-0.2, 0) is 0 Å². The van der Waals surface area contributed by atoms with Crippen LogP contribution in [0, 0.1) is 11.3 Å². The summed E-state index contributed by atoms with van der Waals surface area (Å²) in [6.07, 6.45) is 8.49. The van der Waals surface area contributed by atoms with E-state index in [1.165, 1.54) is 25.0 Å². The van der Waals surface area contributed by atoms with Crippen molar-refractivity contribution in [3.63, 3.8) is 0 Å². The summed E-state index contributed by atoms with van der Waals surface area (Å²) in [6.45, 7) is 5.68. The Morgan fingerprint density at radius 1 is 1.50 bits per heavy atom. The van der Waals surface area contributed by atoms with Crippen LogP contribution < -0.4 is 0 Å². The molecule has 12 heavy (non-hydrogen) atoms. The van der Waals surface area contributed by atoms with E-state index in [1.54, 1.807) is 0 Å². The smallest absolute Gasteiger partial charge is 0.0392 e. The summed E-state index contributed by atoms with van der Waals surface area (Å²) < 4.78 is 0. The van der Waals surface area contributed by atoms with E-state index in [-0.39, 0.29) is 0 Å². The summed E-state index contributed by atoms with van der Waals surface area (Å²) in [6, 6.07) is 0. The Balaban J connectivity index is 2.24. The molecule has 0 aromatic carbocycles. The predicted octanol–water partition coefficient (Wildman–Crippen LogP) is 2.82. The molecule has 1 heteroatoms. The lowest BCUT2D eigenvalue weighted by molar-refractivity contribution is 0.355. The van der Waals surface area contributed by atoms with Crippen molar-refractivity contribution in [3.8, 4) is 0 Å². The molecular weight excluding hydrogens is 146 g/mol. The molecule has 1 aliphatic heterocycles. The minimum atomic E-state index is 0.404. The highest BCUT2D eigenvalue weighted by Gasteiger charge is 2.28. The molecule has 0 saturated carbocycles. The molecule has 0 bridgehead atoms. The van der Waals surface area contributed by atoms with E-state index in [2.05, 4.69) is 31.0 Å². The number of aliphatic imine (C=N–C) groups is 1. The van der Waals surface area contributed by atoms with Gasteiger partial charge in [0.25, 0.3) is 0 Å². The Morgan fingerprint density at radius 3 is 3.17 bits per heavy atom. The second-order valence-corrected chi connectivity index (χ2v) is 4.67. The molecular formula is C11H17N. The van der Waals surface area contributed by atoms with E-state index < -0.39 is 0 Å². The number of hydrogen-bond acceptors (Lipinski definition) is 1. The maximum Gasteiger partial charge on any atom is 0.0392 e. The zero-order chi connectivity index (χ0) is 8.60. The summed E-state index contributed by atoms with van der Waals surface area (Å²) in [4.78, 5) is 4.55. The molecule has 0 aromatic heterocycles. The van der Waals surface area contributed by atoms with Gasteiger partial charge in [0, 0.05) is 18.2 Å². The summed E-state index contributed by atoms with van der Waals surface area (Å²) in [5.41, 5.74) is 1.77. The highest BCUT2D eigenvalue weighted by atomic mass is 14.8. The molecule has 0 fully saturated rings. The van der Waals surface area contributed by atoms with Gasteiger partial charge < -0.3 is 0 Å². The van der Waals surface area contributed by atoms with Crippen LogP contribution in [0.3, 0.4) is 0 Å². The number of fused-ring (bicyclic) bond motifs is 1. The van der Waals surface area contributed by atoms with Gasteiger partial charge in [-0.2, -0.15) is 0 Å². The SMILES string of the molecule is CC1(C)C=CC2=NCCCC2C1. The summed E-state index contributed by atoms with van der Waals surface area (Å²) in [5, 5.41) is 0. The maximum atomic E-state index is 4.55. The molecule has 0 spiro atoms. The Kier molecular flexibility index (Phi) is 1.82. The lowest BCUT2D eigenvalue weighted by atomic mass is 9.74. The topological polar surface area (TPSA) is 12.4 Å². The molecule has 0 radical (unpaired) electrons. The first kappa shape index (κ1) is 8.03. The zero-order valence-corrected chi connectivity index (χ0v) is 8.01. The van der Waals surface area contributed by atoms with Crippen LogP contribution in [0.25, 0.3) is 0 Å². The third kappa shape index (κ3) is 1.45. The van der Waals surface area contributed by atoms with Crippen molar-refractivity contribution in [1.82, 2.24) is 0 Å². The van der Waals surface area contributed by atoms with E-state index >= 15 is 0 Å². The van der Waals surface area contributed by atoms with Crippen molar-refractivity contribution in [2.75, 3.05) is 6.54 Å². The number of allylic oxidation sites excluding steroid dienone is 2. The van der Waals surface area contributed by atoms with Crippen LogP contribution >= 0.6 is 0 Å². The molecule has 1 unspecified atom stereocenters. The van der Waals surface area contributed by atoms with Crippen LogP contribution in [-0.4, -0.2) is 12.3 Å². The maximum absolute atomic E-state index is 4.55. The molecule has 1 aliphatic carbocycles. The molecule has 0 N–H and O–H groups in total. The van der Waals surface area contributed by atoms with E-state index in [0.717, 1.165) is 12.5 Å². The predicted molar refractivity (Wildman–Crippen MR) is 52.6 cm³/mol. The largest absolute Gasteiger partial charge is 0.289 e. The first-order chi connectivity index (χ1) is 5.67. The second-order valence-electron chi connectivity index (χ2n) is 4.67. The molecule has 66 valence electrons. The molecule has 0 saturated heterocycles. The van der Waals surface area contributed by atoms with Gasteiger partial charge in [-0.3, -0.25) is 4.99 Å². The van der Waals surface area contributed by atoms with Crippen molar-refractivity contribution in [1.29, 1.82) is 0 Å². The van der Waals surface area contributed by atoms with Gasteiger partial charge in [0.05, 0.1) is 0 Å². The molecule has 0 amide bonds. The zero-order valence-electron chi connectivity index (χ0n) is 8.01. The molecule has 2 aliphatic rings. The van der Waals surface area contributed by atoms with Crippen LogP contribution in [0.15, 0.2) is 17.1 Å². The average molecular weight is 163 g/mol. The summed E-state index contributed by atoms with van der Waals surface area (Å²) in [7, 11) is 0. The first-order valence-corrected chi connectivity index (χ1v) is 4.91. The van der Waals surface area contributed by atoms with Gasteiger partial charge in [0.15, 0.2) is 0 Å². The van der Waals surface area contributed by atoms with Gasteiger partial charge in [0.1, 0.15) is 0 Å². The minimum Gasteiger partial charge on any atom is -0.289 e. The third-order valence-corrected chi connectivity index (χ3v) is 2.90. The molecule has 2 rings (SSSR count). The fourth-order valence-corrected chi connectivity index (χ4v) is 2.23. The number of rotatable bonds is 0. The monoisotopic (exact) mass is 163 g/mol. The van der Waals surface area contributed by atoms with E-state index in [0.29, 0.717) is 5.41 Å². The highest BCUT2D eigenvalue weighted by Crippen LogP contribution is 2.35. The highest BCUT2D eigenvalue weighted by molar-refractivity contribution is 5.98. The quantitative estimate of drug-likeness (QED) is 0.520. The molecule has 1 nitrogen and oxygen atoms in total. The van der Waals surface area contributed by atoms with Crippen molar-refractivity contribution in [2.24, 2.45) is 16.3 Å². The fourth-order valence-electron chi connectivity index (χ4n) is 2.23. The molecule has 0 aromatic rings. The van der Waals surface area contributed by atoms with Crippen molar-refractivity contribution in [3.05, 3.63) is 12.2 Å². The van der Waals surface area contributed by atoms with Gasteiger partial charge in [-0.15, -0.1) is 0 Å². The fraction of sp³-hybridized carbons (Fsp3) is 0.727. The Morgan fingerprint density at radius 2 is 2.33 bits per heavy atom. The average Bonchev–Trinajstić information content (AvgIpc) is 2.02. The van der Waals surface area contributed by atoms with Crippen molar-refractivity contribution < 1.29 is 0 Å². The van der Waals surface area contributed by atoms with E-state index in [4.69, 9.17) is 0 Å². The van der Waals surface area contributed by atoms with Crippen LogP contribution in [0.2, 0.25) is 0 Å². The minimum absolute atomic E-state index is 0.404. The Bertz CT molecular complexity index is 235. The number of nitrogens with zero attached hydrogens (tertiary/aromatic N) is 1.